The van der Waals surface area contributed by atoms with E-state index < -0.39 is 0 Å². The smallest absolute Gasteiger partial charge is 0.260 e. The maximum absolute atomic E-state index is 12.0. The van der Waals surface area contributed by atoms with E-state index in [0.29, 0.717) is 4.99 Å². The number of likely N-dealkylation sites (tertiary alicyclic amines) is 1. The Morgan fingerprint density at radius 3 is 2.35 bits per heavy atom. The Hall–Kier alpha value is -1.62. The van der Waals surface area contributed by atoms with Crippen LogP contribution in [-0.2, 0) is 4.79 Å². The van der Waals surface area contributed by atoms with Gasteiger partial charge in [-0.1, -0.05) is 12.2 Å². The van der Waals surface area contributed by atoms with Gasteiger partial charge in [-0.05, 0) is 49.9 Å². The molecule has 108 valence electrons. The summed E-state index contributed by atoms with van der Waals surface area (Å²) in [7, 11) is 0. The van der Waals surface area contributed by atoms with Crippen molar-refractivity contribution < 1.29 is 9.53 Å². The van der Waals surface area contributed by atoms with E-state index in [4.69, 9.17) is 22.7 Å². The van der Waals surface area contributed by atoms with Crippen LogP contribution in [0.2, 0.25) is 0 Å². The van der Waals surface area contributed by atoms with Crippen molar-refractivity contribution in [1.29, 1.82) is 0 Å². The molecule has 5 heteroatoms. The Labute approximate surface area is 124 Å². The zero-order valence-electron chi connectivity index (χ0n) is 11.9. The summed E-state index contributed by atoms with van der Waals surface area (Å²) in [6.07, 6.45) is 2.18. The lowest BCUT2D eigenvalue weighted by Gasteiger charge is -2.17. The van der Waals surface area contributed by atoms with Crippen LogP contribution in [0.25, 0.3) is 0 Å². The second kappa shape index (κ2) is 6.22. The molecular weight excluding hydrogens is 272 g/mol. The number of amides is 1. The third kappa shape index (κ3) is 3.28. The summed E-state index contributed by atoms with van der Waals surface area (Å²) in [5.74, 6) is 0.803. The van der Waals surface area contributed by atoms with Crippen molar-refractivity contribution in [2.24, 2.45) is 5.73 Å². The molecule has 1 amide bonds. The highest BCUT2D eigenvalue weighted by Crippen LogP contribution is 2.25. The van der Waals surface area contributed by atoms with E-state index >= 15 is 0 Å². The van der Waals surface area contributed by atoms with Crippen molar-refractivity contribution in [1.82, 2.24) is 4.90 Å². The fourth-order valence-corrected chi connectivity index (χ4v) is 2.63. The predicted octanol–water partition coefficient (Wildman–Crippen LogP) is 1.94. The third-order valence-corrected chi connectivity index (χ3v) is 3.78. The summed E-state index contributed by atoms with van der Waals surface area (Å²) in [4.78, 5) is 14.2. The van der Waals surface area contributed by atoms with Crippen molar-refractivity contribution in [3.8, 4) is 5.75 Å². The average Bonchev–Trinajstić information content (AvgIpc) is 2.91. The normalized spacial score (nSPS) is 14.4. The number of nitrogens with two attached hydrogens (primary N) is 1. The van der Waals surface area contributed by atoms with Gasteiger partial charge in [-0.15, -0.1) is 0 Å². The Morgan fingerprint density at radius 1 is 1.30 bits per heavy atom. The van der Waals surface area contributed by atoms with Crippen molar-refractivity contribution in [3.63, 3.8) is 0 Å². The van der Waals surface area contributed by atoms with E-state index in [2.05, 4.69) is 0 Å². The number of thiocarbonyl (C=S) groups is 1. The number of benzene rings is 1. The number of nitrogens with zero attached hydrogens (tertiary/aromatic N) is 1. The van der Waals surface area contributed by atoms with Crippen LogP contribution in [0.15, 0.2) is 12.1 Å². The first-order valence-electron chi connectivity index (χ1n) is 6.80. The second-order valence-electron chi connectivity index (χ2n) is 5.18. The molecule has 1 aliphatic rings. The molecule has 0 unspecified atom stereocenters. The highest BCUT2D eigenvalue weighted by Gasteiger charge is 2.19. The molecule has 0 saturated carbocycles. The van der Waals surface area contributed by atoms with E-state index in [1.807, 2.05) is 30.9 Å². The van der Waals surface area contributed by atoms with E-state index in [9.17, 15) is 4.79 Å². The van der Waals surface area contributed by atoms with E-state index in [1.165, 1.54) is 0 Å². The zero-order chi connectivity index (χ0) is 14.7. The molecule has 1 aromatic carbocycles. The van der Waals surface area contributed by atoms with Gasteiger partial charge in [-0.3, -0.25) is 4.79 Å². The number of hydrogen-bond donors (Lipinski definition) is 1. The lowest BCUT2D eigenvalue weighted by atomic mass is 10.1. The van der Waals surface area contributed by atoms with Crippen LogP contribution >= 0.6 is 12.2 Å². The van der Waals surface area contributed by atoms with Gasteiger partial charge in [-0.2, -0.15) is 0 Å². The molecule has 0 bridgehead atoms. The molecule has 0 spiro atoms. The fraction of sp³-hybridized carbons (Fsp3) is 0.467. The monoisotopic (exact) mass is 292 g/mol. The minimum absolute atomic E-state index is 0.0553. The number of carbonyl (C=O) groups is 1. The molecule has 1 fully saturated rings. The lowest BCUT2D eigenvalue weighted by molar-refractivity contribution is -0.132. The predicted molar refractivity (Wildman–Crippen MR) is 83.1 cm³/mol. The molecule has 20 heavy (non-hydrogen) atoms. The SMILES string of the molecule is Cc1cc(C(N)=S)cc(C)c1OCC(=O)N1CCCC1. The van der Waals surface area contributed by atoms with Gasteiger partial charge in [0.05, 0.1) is 0 Å². The number of rotatable bonds is 4. The minimum Gasteiger partial charge on any atom is -0.483 e. The largest absolute Gasteiger partial charge is 0.483 e. The van der Waals surface area contributed by atoms with E-state index in [-0.39, 0.29) is 12.5 Å². The molecule has 1 heterocycles. The maximum Gasteiger partial charge on any atom is 0.260 e. The fourth-order valence-electron chi connectivity index (χ4n) is 2.51. The summed E-state index contributed by atoms with van der Waals surface area (Å²) in [6.45, 7) is 5.66. The first-order chi connectivity index (χ1) is 9.49. The Balaban J connectivity index is 2.05. The lowest BCUT2D eigenvalue weighted by Crippen LogP contribution is -2.32. The van der Waals surface area contributed by atoms with Crippen LogP contribution in [-0.4, -0.2) is 35.5 Å². The molecule has 0 aliphatic carbocycles. The van der Waals surface area contributed by atoms with Crippen LogP contribution in [0.3, 0.4) is 0 Å². The van der Waals surface area contributed by atoms with Crippen LogP contribution in [0.4, 0.5) is 0 Å². The van der Waals surface area contributed by atoms with Crippen LogP contribution in [0.1, 0.15) is 29.5 Å². The minimum atomic E-state index is 0.0553. The highest BCUT2D eigenvalue weighted by molar-refractivity contribution is 7.80. The molecule has 1 aliphatic heterocycles. The highest BCUT2D eigenvalue weighted by atomic mass is 32.1. The van der Waals surface area contributed by atoms with Crippen LogP contribution in [0.5, 0.6) is 5.75 Å². The van der Waals surface area contributed by atoms with Gasteiger partial charge in [0.1, 0.15) is 10.7 Å². The Kier molecular flexibility index (Phi) is 4.60. The van der Waals surface area contributed by atoms with Gasteiger partial charge in [0.2, 0.25) is 0 Å². The van der Waals surface area contributed by atoms with Gasteiger partial charge < -0.3 is 15.4 Å². The number of aryl methyl sites for hydroxylation is 2. The molecule has 0 aromatic heterocycles. The quantitative estimate of drug-likeness (QED) is 0.862. The summed E-state index contributed by atoms with van der Waals surface area (Å²) in [6, 6.07) is 3.79. The van der Waals surface area contributed by atoms with Crippen molar-refractivity contribution in [2.45, 2.75) is 26.7 Å². The van der Waals surface area contributed by atoms with Gasteiger partial charge >= 0.3 is 0 Å². The van der Waals surface area contributed by atoms with Crippen molar-refractivity contribution in [3.05, 3.63) is 28.8 Å². The van der Waals surface area contributed by atoms with Gasteiger partial charge in [-0.25, -0.2) is 0 Å². The summed E-state index contributed by atoms with van der Waals surface area (Å²) in [5, 5.41) is 0. The first kappa shape index (κ1) is 14.8. The molecule has 4 nitrogen and oxygen atoms in total. The molecule has 0 radical (unpaired) electrons. The standard InChI is InChI=1S/C15H20N2O2S/c1-10-7-12(15(16)20)8-11(2)14(10)19-9-13(18)17-5-3-4-6-17/h7-8H,3-6,9H2,1-2H3,(H2,16,20). The Morgan fingerprint density at radius 2 is 1.85 bits per heavy atom. The first-order valence-corrected chi connectivity index (χ1v) is 7.21. The average molecular weight is 292 g/mol. The molecule has 2 N–H and O–H groups in total. The van der Waals surface area contributed by atoms with E-state index in [1.54, 1.807) is 0 Å². The molecule has 1 saturated heterocycles. The van der Waals surface area contributed by atoms with Crippen LogP contribution in [0, 0.1) is 13.8 Å². The van der Waals surface area contributed by atoms with Gasteiger partial charge in [0.15, 0.2) is 6.61 Å². The Bertz CT molecular complexity index is 514. The molecular formula is C15H20N2O2S. The second-order valence-corrected chi connectivity index (χ2v) is 5.62. The third-order valence-electron chi connectivity index (χ3n) is 3.54. The summed E-state index contributed by atoms with van der Waals surface area (Å²) >= 11 is 4.98. The van der Waals surface area contributed by atoms with Gasteiger partial charge in [0, 0.05) is 18.7 Å². The zero-order valence-corrected chi connectivity index (χ0v) is 12.8. The number of hydrogen-bond acceptors (Lipinski definition) is 3. The molecule has 2 rings (SSSR count). The number of carbonyl (C=O) groups excluding carboxylic acids is 1. The molecule has 1 aromatic rings. The summed E-state index contributed by atoms with van der Waals surface area (Å²) < 4.78 is 5.70. The van der Waals surface area contributed by atoms with Crippen LogP contribution < -0.4 is 10.5 Å². The van der Waals surface area contributed by atoms with E-state index in [0.717, 1.165) is 48.4 Å². The van der Waals surface area contributed by atoms with Crippen molar-refractivity contribution >= 4 is 23.1 Å². The van der Waals surface area contributed by atoms with Gasteiger partial charge in [0.25, 0.3) is 5.91 Å². The summed E-state index contributed by atoms with van der Waals surface area (Å²) in [5.41, 5.74) is 8.36. The topological polar surface area (TPSA) is 55.6 Å². The molecule has 0 atom stereocenters. The maximum atomic E-state index is 12.0. The van der Waals surface area contributed by atoms with Crippen molar-refractivity contribution in [2.75, 3.05) is 19.7 Å². The number of ether oxygens (including phenoxy) is 1.